The van der Waals surface area contributed by atoms with E-state index in [9.17, 15) is 13.2 Å². The van der Waals surface area contributed by atoms with Gasteiger partial charge in [0.2, 0.25) is 0 Å². The Morgan fingerprint density at radius 1 is 1.29 bits per heavy atom. The molecule has 1 aromatic rings. The van der Waals surface area contributed by atoms with Crippen LogP contribution in [0.3, 0.4) is 0 Å². The van der Waals surface area contributed by atoms with Gasteiger partial charge in [0.1, 0.15) is 6.04 Å². The predicted octanol–water partition coefficient (Wildman–Crippen LogP) is 1.90. The summed E-state index contributed by atoms with van der Waals surface area (Å²) in [7, 11) is -2.09. The Kier molecular flexibility index (Phi) is 6.64. The largest absolute Gasteiger partial charge is 0.468 e. The first-order chi connectivity index (χ1) is 9.77. The molecule has 0 aliphatic carbocycles. The number of carbonyl (C=O) groups excluding carboxylic acids is 1. The summed E-state index contributed by atoms with van der Waals surface area (Å²) in [6, 6.07) is 5.49. The van der Waals surface area contributed by atoms with Crippen LogP contribution in [-0.4, -0.2) is 39.8 Å². The van der Waals surface area contributed by atoms with Crippen molar-refractivity contribution in [3.05, 3.63) is 29.3 Å². The van der Waals surface area contributed by atoms with E-state index in [1.807, 2.05) is 13.8 Å². The Hall–Kier alpha value is -1.11. The summed E-state index contributed by atoms with van der Waals surface area (Å²) in [5.41, 5.74) is 0. The zero-order valence-electron chi connectivity index (χ0n) is 12.3. The molecule has 0 saturated heterocycles. The van der Waals surface area contributed by atoms with E-state index in [4.69, 9.17) is 11.6 Å². The molecule has 0 aliphatic rings. The van der Waals surface area contributed by atoms with Gasteiger partial charge < -0.3 is 10.1 Å². The SMILES string of the molecule is COC(=O)C(NCCS(=O)(=O)c1ccc(Cl)cc1)C(C)C. The van der Waals surface area contributed by atoms with Gasteiger partial charge in [-0.3, -0.25) is 4.79 Å². The van der Waals surface area contributed by atoms with Gasteiger partial charge in [0.15, 0.2) is 9.84 Å². The van der Waals surface area contributed by atoms with Crippen molar-refractivity contribution in [2.24, 2.45) is 5.92 Å². The van der Waals surface area contributed by atoms with Gasteiger partial charge in [0.25, 0.3) is 0 Å². The maximum absolute atomic E-state index is 12.1. The Labute approximate surface area is 130 Å². The normalized spacial score (nSPS) is 13.2. The number of methoxy groups -OCH3 is 1. The fraction of sp³-hybridized carbons (Fsp3) is 0.500. The highest BCUT2D eigenvalue weighted by molar-refractivity contribution is 7.91. The smallest absolute Gasteiger partial charge is 0.323 e. The lowest BCUT2D eigenvalue weighted by atomic mass is 10.1. The number of halogens is 1. The topological polar surface area (TPSA) is 72.5 Å². The van der Waals surface area contributed by atoms with Gasteiger partial charge >= 0.3 is 5.97 Å². The fourth-order valence-corrected chi connectivity index (χ4v) is 3.13. The second kappa shape index (κ2) is 7.77. The fourth-order valence-electron chi connectivity index (χ4n) is 1.83. The number of nitrogens with one attached hydrogen (secondary N) is 1. The highest BCUT2D eigenvalue weighted by Crippen LogP contribution is 2.15. The lowest BCUT2D eigenvalue weighted by molar-refractivity contribution is -0.144. The summed E-state index contributed by atoms with van der Waals surface area (Å²) in [4.78, 5) is 11.8. The number of carbonyl (C=O) groups is 1. The van der Waals surface area contributed by atoms with Crippen LogP contribution in [0.25, 0.3) is 0 Å². The Balaban J connectivity index is 2.65. The van der Waals surface area contributed by atoms with Crippen LogP contribution in [0, 0.1) is 5.92 Å². The highest BCUT2D eigenvalue weighted by Gasteiger charge is 2.23. The van der Waals surface area contributed by atoms with Gasteiger partial charge in [0.05, 0.1) is 17.8 Å². The van der Waals surface area contributed by atoms with Gasteiger partial charge in [-0.05, 0) is 30.2 Å². The van der Waals surface area contributed by atoms with Crippen LogP contribution in [0.5, 0.6) is 0 Å². The maximum Gasteiger partial charge on any atom is 0.323 e. The number of sulfone groups is 1. The molecule has 118 valence electrons. The van der Waals surface area contributed by atoms with Crippen LogP contribution in [0.4, 0.5) is 0 Å². The van der Waals surface area contributed by atoms with E-state index < -0.39 is 21.8 Å². The highest BCUT2D eigenvalue weighted by atomic mass is 35.5. The molecule has 21 heavy (non-hydrogen) atoms. The first kappa shape index (κ1) is 17.9. The van der Waals surface area contributed by atoms with Crippen molar-refractivity contribution < 1.29 is 17.9 Å². The molecule has 0 heterocycles. The summed E-state index contributed by atoms with van der Waals surface area (Å²) >= 11 is 5.73. The minimum Gasteiger partial charge on any atom is -0.468 e. The van der Waals surface area contributed by atoms with E-state index in [1.165, 1.54) is 31.4 Å². The third kappa shape index (κ3) is 5.30. The van der Waals surface area contributed by atoms with E-state index in [1.54, 1.807) is 0 Å². The number of rotatable bonds is 7. The molecule has 1 aromatic carbocycles. The van der Waals surface area contributed by atoms with Crippen LogP contribution in [0.1, 0.15) is 13.8 Å². The molecule has 5 nitrogen and oxygen atoms in total. The molecule has 0 radical (unpaired) electrons. The molecule has 0 spiro atoms. The Morgan fingerprint density at radius 2 is 1.86 bits per heavy atom. The standard InChI is InChI=1S/C14H20ClNO4S/c1-10(2)13(14(17)20-3)16-8-9-21(18,19)12-6-4-11(15)5-7-12/h4-7,10,13,16H,8-9H2,1-3H3. The van der Waals surface area contributed by atoms with Crippen molar-refractivity contribution in [2.75, 3.05) is 19.4 Å². The minimum absolute atomic E-state index is 0.00989. The molecule has 0 bridgehead atoms. The Bertz CT molecular complexity index is 569. The third-order valence-electron chi connectivity index (χ3n) is 3.03. The van der Waals surface area contributed by atoms with E-state index in [-0.39, 0.29) is 23.1 Å². The molecule has 1 atom stereocenters. The van der Waals surface area contributed by atoms with E-state index in [0.29, 0.717) is 5.02 Å². The van der Waals surface area contributed by atoms with Crippen molar-refractivity contribution in [1.82, 2.24) is 5.32 Å². The van der Waals surface area contributed by atoms with Crippen LogP contribution in [0.2, 0.25) is 5.02 Å². The van der Waals surface area contributed by atoms with Crippen LogP contribution in [0.15, 0.2) is 29.2 Å². The van der Waals surface area contributed by atoms with Crippen LogP contribution < -0.4 is 5.32 Å². The number of ether oxygens (including phenoxy) is 1. The molecular weight excluding hydrogens is 314 g/mol. The molecule has 0 aliphatic heterocycles. The quantitative estimate of drug-likeness (QED) is 0.772. The summed E-state index contributed by atoms with van der Waals surface area (Å²) < 4.78 is 29.0. The zero-order chi connectivity index (χ0) is 16.0. The van der Waals surface area contributed by atoms with Crippen LogP contribution in [-0.2, 0) is 19.4 Å². The molecule has 1 rings (SSSR count). The van der Waals surface area contributed by atoms with Gasteiger partial charge in [0, 0.05) is 11.6 Å². The van der Waals surface area contributed by atoms with Crippen molar-refractivity contribution >= 4 is 27.4 Å². The molecule has 7 heteroatoms. The molecule has 1 N–H and O–H groups in total. The van der Waals surface area contributed by atoms with Gasteiger partial charge in [-0.15, -0.1) is 0 Å². The molecule has 0 aromatic heterocycles. The molecule has 0 fully saturated rings. The van der Waals surface area contributed by atoms with Gasteiger partial charge in [-0.2, -0.15) is 0 Å². The first-order valence-corrected chi connectivity index (χ1v) is 8.60. The molecule has 1 unspecified atom stereocenters. The summed E-state index contributed by atoms with van der Waals surface area (Å²) in [5, 5.41) is 3.41. The summed E-state index contributed by atoms with van der Waals surface area (Å²) in [6.07, 6.45) is 0. The second-order valence-electron chi connectivity index (χ2n) is 4.97. The van der Waals surface area contributed by atoms with Crippen LogP contribution >= 0.6 is 11.6 Å². The van der Waals surface area contributed by atoms with E-state index in [0.717, 1.165) is 0 Å². The summed E-state index contributed by atoms with van der Waals surface area (Å²) in [6.45, 7) is 3.90. The maximum atomic E-state index is 12.1. The minimum atomic E-state index is -3.40. The van der Waals surface area contributed by atoms with E-state index in [2.05, 4.69) is 10.1 Å². The van der Waals surface area contributed by atoms with E-state index >= 15 is 0 Å². The average Bonchev–Trinajstić information content (AvgIpc) is 2.43. The number of hydrogen-bond acceptors (Lipinski definition) is 5. The van der Waals surface area contributed by atoms with Gasteiger partial charge in [-0.1, -0.05) is 25.4 Å². The average molecular weight is 334 g/mol. The lowest BCUT2D eigenvalue weighted by Crippen LogP contribution is -2.43. The number of esters is 1. The van der Waals surface area contributed by atoms with Crippen molar-refractivity contribution in [3.63, 3.8) is 0 Å². The molecule has 0 saturated carbocycles. The third-order valence-corrected chi connectivity index (χ3v) is 5.01. The first-order valence-electron chi connectivity index (χ1n) is 6.57. The monoisotopic (exact) mass is 333 g/mol. The lowest BCUT2D eigenvalue weighted by Gasteiger charge is -2.19. The number of hydrogen-bond donors (Lipinski definition) is 1. The van der Waals surface area contributed by atoms with Crippen molar-refractivity contribution in [1.29, 1.82) is 0 Å². The predicted molar refractivity (Wildman–Crippen MR) is 82.1 cm³/mol. The Morgan fingerprint density at radius 3 is 2.33 bits per heavy atom. The second-order valence-corrected chi connectivity index (χ2v) is 7.52. The van der Waals surface area contributed by atoms with Crippen molar-refractivity contribution in [3.8, 4) is 0 Å². The summed E-state index contributed by atoms with van der Waals surface area (Å²) in [5.74, 6) is -0.487. The van der Waals surface area contributed by atoms with Gasteiger partial charge in [-0.25, -0.2) is 8.42 Å². The molecular formula is C14H20ClNO4S. The molecule has 0 amide bonds. The number of benzene rings is 1. The zero-order valence-corrected chi connectivity index (χ0v) is 13.9. The van der Waals surface area contributed by atoms with Crippen molar-refractivity contribution in [2.45, 2.75) is 24.8 Å².